The molecule has 2 saturated heterocycles. The van der Waals surface area contributed by atoms with Gasteiger partial charge in [-0.1, -0.05) is 11.6 Å². The molecule has 1 unspecified atom stereocenters. The maximum atomic E-state index is 13.2. The summed E-state index contributed by atoms with van der Waals surface area (Å²) in [7, 11) is 0. The highest BCUT2D eigenvalue weighted by atomic mass is 35.5. The van der Waals surface area contributed by atoms with E-state index >= 15 is 0 Å². The number of hydrogen-bond donors (Lipinski definition) is 3. The molecule has 3 N–H and O–H groups in total. The predicted octanol–water partition coefficient (Wildman–Crippen LogP) is 3.24. The highest BCUT2D eigenvalue weighted by Gasteiger charge is 2.42. The summed E-state index contributed by atoms with van der Waals surface area (Å²) in [5.41, 5.74) is 1.27. The quantitative estimate of drug-likeness (QED) is 0.505. The number of nitrogens with zero attached hydrogens (tertiary/aromatic N) is 2. The smallest absolute Gasteiger partial charge is 0.257 e. The molecule has 5 rings (SSSR count). The molecule has 0 bridgehead atoms. The molecule has 0 aliphatic carbocycles. The maximum absolute atomic E-state index is 13.2. The summed E-state index contributed by atoms with van der Waals surface area (Å²) in [5.74, 6) is 0.902. The second-order valence-corrected chi connectivity index (χ2v) is 10.9. The van der Waals surface area contributed by atoms with E-state index in [-0.39, 0.29) is 42.3 Å². The number of β-amino-alcohol motifs (C(OH)–C–C–N with tert-alkyl or cyclic N) is 1. The van der Waals surface area contributed by atoms with Crippen molar-refractivity contribution in [3.8, 4) is 17.2 Å². The van der Waals surface area contributed by atoms with Gasteiger partial charge in [-0.2, -0.15) is 0 Å². The van der Waals surface area contributed by atoms with Gasteiger partial charge in [-0.25, -0.2) is 0 Å². The number of carbonyl (C=O) groups is 1. The Bertz CT molecular complexity index is 1120. The predicted molar refractivity (Wildman–Crippen MR) is 140 cm³/mol. The summed E-state index contributed by atoms with van der Waals surface area (Å²) < 4.78 is 12.2. The molecule has 3 aliphatic rings. The van der Waals surface area contributed by atoms with Gasteiger partial charge in [-0.05, 0) is 55.2 Å². The molecule has 2 fully saturated rings. The topological polar surface area (TPSA) is 103 Å². The summed E-state index contributed by atoms with van der Waals surface area (Å²) in [4.78, 5) is 17.1. The van der Waals surface area contributed by atoms with Crippen molar-refractivity contribution < 1.29 is 29.6 Å². The van der Waals surface area contributed by atoms with Crippen LogP contribution in [0.5, 0.6) is 17.2 Å². The van der Waals surface area contributed by atoms with Crippen molar-refractivity contribution in [2.24, 2.45) is 0 Å². The molecule has 1 amide bonds. The number of rotatable bonds is 7. The Balaban J connectivity index is 1.15. The van der Waals surface area contributed by atoms with Crippen LogP contribution >= 0.6 is 11.6 Å². The number of ether oxygens (including phenoxy) is 2. The second-order valence-electron chi connectivity index (χ2n) is 10.5. The Morgan fingerprint density at radius 3 is 2.76 bits per heavy atom. The lowest BCUT2D eigenvalue weighted by atomic mass is 9.87. The molecule has 0 saturated carbocycles. The van der Waals surface area contributed by atoms with Gasteiger partial charge in [-0.3, -0.25) is 4.79 Å². The number of aliphatic hydroxyl groups is 2. The number of benzene rings is 2. The van der Waals surface area contributed by atoms with Crippen LogP contribution in [-0.4, -0.2) is 88.2 Å². The summed E-state index contributed by atoms with van der Waals surface area (Å²) in [6.07, 6.45) is 4.43. The zero-order chi connectivity index (χ0) is 26.0. The zero-order valence-corrected chi connectivity index (χ0v) is 21.7. The number of fused-ring (bicyclic) bond motifs is 1. The second kappa shape index (κ2) is 11.1. The lowest BCUT2D eigenvalue weighted by Gasteiger charge is -2.39. The molecule has 37 heavy (non-hydrogen) atoms. The summed E-state index contributed by atoms with van der Waals surface area (Å²) in [5, 5.41) is 31.2. The third-order valence-electron chi connectivity index (χ3n) is 7.82. The first-order chi connectivity index (χ1) is 17.9. The van der Waals surface area contributed by atoms with Crippen molar-refractivity contribution in [1.29, 1.82) is 0 Å². The van der Waals surface area contributed by atoms with Crippen molar-refractivity contribution in [2.45, 2.75) is 56.3 Å². The van der Waals surface area contributed by atoms with Crippen molar-refractivity contribution >= 4 is 17.5 Å². The Morgan fingerprint density at radius 1 is 1.16 bits per heavy atom. The molecule has 3 aliphatic heterocycles. The van der Waals surface area contributed by atoms with Gasteiger partial charge >= 0.3 is 0 Å². The van der Waals surface area contributed by atoms with Gasteiger partial charge in [0, 0.05) is 56.5 Å². The molecule has 2 atom stereocenters. The standard InChI is InChI=1S/C28H35ClN2O6/c29-20-4-7-25-19(13-20)15-28(37-25)8-11-30(12-9-28)16-23(34)18-36-26-14-22(33)5-6-24(26)27(35)31-10-2-1-3-21(31)17-32/h4-7,13-14,21,23,32-34H,1-3,8-12,15-18H2/t21?,23-/m0/s1. The van der Waals surface area contributed by atoms with Crippen LogP contribution in [0.25, 0.3) is 0 Å². The number of hydrogen-bond acceptors (Lipinski definition) is 7. The number of amides is 1. The lowest BCUT2D eigenvalue weighted by molar-refractivity contribution is -0.00205. The minimum absolute atomic E-state index is 0.00472. The molecule has 0 radical (unpaired) electrons. The van der Waals surface area contributed by atoms with Crippen LogP contribution in [0.15, 0.2) is 36.4 Å². The Labute approximate surface area is 222 Å². The van der Waals surface area contributed by atoms with Crippen LogP contribution in [0.2, 0.25) is 5.02 Å². The highest BCUT2D eigenvalue weighted by Crippen LogP contribution is 2.42. The largest absolute Gasteiger partial charge is 0.508 e. The molecule has 8 nitrogen and oxygen atoms in total. The summed E-state index contributed by atoms with van der Waals surface area (Å²) in [6, 6.07) is 9.96. The van der Waals surface area contributed by atoms with Gasteiger partial charge < -0.3 is 34.6 Å². The molecule has 2 aromatic rings. The molecule has 0 aromatic heterocycles. The first-order valence-corrected chi connectivity index (χ1v) is 13.5. The van der Waals surface area contributed by atoms with E-state index in [1.165, 1.54) is 12.1 Å². The highest BCUT2D eigenvalue weighted by molar-refractivity contribution is 6.30. The number of likely N-dealkylation sites (tertiary alicyclic amines) is 2. The van der Waals surface area contributed by atoms with Crippen LogP contribution < -0.4 is 9.47 Å². The summed E-state index contributed by atoms with van der Waals surface area (Å²) in [6.45, 7) is 2.52. The number of aromatic hydroxyl groups is 1. The number of aliphatic hydroxyl groups excluding tert-OH is 2. The van der Waals surface area contributed by atoms with Gasteiger partial charge in [0.05, 0.1) is 18.2 Å². The van der Waals surface area contributed by atoms with E-state index in [2.05, 4.69) is 4.90 Å². The maximum Gasteiger partial charge on any atom is 0.257 e. The number of carbonyl (C=O) groups excluding carboxylic acids is 1. The Kier molecular flexibility index (Phi) is 7.81. The Morgan fingerprint density at radius 2 is 1.97 bits per heavy atom. The van der Waals surface area contributed by atoms with Crippen LogP contribution in [0.4, 0.5) is 0 Å². The molecular weight excluding hydrogens is 496 g/mol. The van der Waals surface area contributed by atoms with E-state index in [0.717, 1.165) is 68.0 Å². The minimum Gasteiger partial charge on any atom is -0.508 e. The average molecular weight is 531 g/mol. The monoisotopic (exact) mass is 530 g/mol. The van der Waals surface area contributed by atoms with Crippen LogP contribution in [0.1, 0.15) is 48.0 Å². The van der Waals surface area contributed by atoms with Crippen LogP contribution in [-0.2, 0) is 6.42 Å². The molecule has 9 heteroatoms. The number of phenolic OH excluding ortho intramolecular Hbond substituents is 1. The number of phenols is 1. The molecule has 2 aromatic carbocycles. The zero-order valence-electron chi connectivity index (χ0n) is 20.9. The fourth-order valence-corrected chi connectivity index (χ4v) is 5.98. The lowest BCUT2D eigenvalue weighted by Crippen LogP contribution is -2.49. The van der Waals surface area contributed by atoms with Gasteiger partial charge in [0.25, 0.3) is 5.91 Å². The minimum atomic E-state index is -0.764. The normalized spacial score (nSPS) is 21.9. The first-order valence-electron chi connectivity index (χ1n) is 13.1. The van der Waals surface area contributed by atoms with Crippen molar-refractivity contribution in [3.05, 3.63) is 52.5 Å². The molecular formula is C28H35ClN2O6. The van der Waals surface area contributed by atoms with Gasteiger partial charge in [-0.15, -0.1) is 0 Å². The van der Waals surface area contributed by atoms with Gasteiger partial charge in [0.15, 0.2) is 0 Å². The van der Waals surface area contributed by atoms with E-state index in [9.17, 15) is 20.1 Å². The van der Waals surface area contributed by atoms with Crippen molar-refractivity contribution in [3.63, 3.8) is 0 Å². The van der Waals surface area contributed by atoms with E-state index < -0.39 is 6.10 Å². The van der Waals surface area contributed by atoms with Crippen molar-refractivity contribution in [2.75, 3.05) is 39.4 Å². The van der Waals surface area contributed by atoms with Crippen LogP contribution in [0.3, 0.4) is 0 Å². The number of piperidine rings is 2. The average Bonchev–Trinajstić information content (AvgIpc) is 3.25. The van der Waals surface area contributed by atoms with Gasteiger partial charge in [0.1, 0.15) is 35.6 Å². The fourth-order valence-electron chi connectivity index (χ4n) is 5.78. The van der Waals surface area contributed by atoms with Crippen molar-refractivity contribution in [1.82, 2.24) is 9.80 Å². The summed E-state index contributed by atoms with van der Waals surface area (Å²) >= 11 is 6.14. The molecule has 200 valence electrons. The Hall–Kier alpha value is -2.52. The fraction of sp³-hybridized carbons (Fsp3) is 0.536. The first kappa shape index (κ1) is 26.1. The van der Waals surface area contributed by atoms with E-state index in [1.807, 2.05) is 18.2 Å². The van der Waals surface area contributed by atoms with E-state index in [0.29, 0.717) is 18.7 Å². The van der Waals surface area contributed by atoms with Gasteiger partial charge in [0.2, 0.25) is 0 Å². The number of halogens is 1. The third kappa shape index (κ3) is 5.82. The molecule has 3 heterocycles. The molecule has 1 spiro atoms. The van der Waals surface area contributed by atoms with E-state index in [1.54, 1.807) is 11.0 Å². The third-order valence-corrected chi connectivity index (χ3v) is 8.06. The van der Waals surface area contributed by atoms with E-state index in [4.69, 9.17) is 21.1 Å². The van der Waals surface area contributed by atoms with Crippen LogP contribution in [0, 0.1) is 0 Å². The SMILES string of the molecule is O=C(c1ccc(O)cc1OC[C@@H](O)CN1CCC2(CC1)Cc1cc(Cl)ccc1O2)N1CCCCC1CO.